The van der Waals surface area contributed by atoms with E-state index >= 15 is 0 Å². The fourth-order valence-corrected chi connectivity index (χ4v) is 5.63. The minimum absolute atomic E-state index is 0.0303. The Bertz CT molecular complexity index is 519. The lowest BCUT2D eigenvalue weighted by Gasteiger charge is -2.58. The molecule has 1 unspecified atom stereocenters. The van der Waals surface area contributed by atoms with Crippen molar-refractivity contribution in [1.29, 1.82) is 0 Å². The van der Waals surface area contributed by atoms with E-state index < -0.39 is 6.04 Å². The van der Waals surface area contributed by atoms with E-state index in [4.69, 9.17) is 10.5 Å². The number of carbonyl (C=O) groups excluding carboxylic acids is 1. The highest BCUT2D eigenvalue weighted by Crippen LogP contribution is 2.61. The van der Waals surface area contributed by atoms with Gasteiger partial charge in [-0.2, -0.15) is 0 Å². The fraction of sp³-hybridized carbons (Fsp3) is 0.632. The zero-order valence-corrected chi connectivity index (χ0v) is 13.0. The highest BCUT2D eigenvalue weighted by atomic mass is 16.5. The molecule has 2 N–H and O–H groups in total. The average molecular weight is 299 g/mol. The maximum atomic E-state index is 12.5. The summed E-state index contributed by atoms with van der Waals surface area (Å²) < 4.78 is 5.52. The van der Waals surface area contributed by atoms with Crippen molar-refractivity contribution in [3.8, 4) is 0 Å². The van der Waals surface area contributed by atoms with Gasteiger partial charge in [-0.1, -0.05) is 30.3 Å². The lowest BCUT2D eigenvalue weighted by molar-refractivity contribution is -0.156. The van der Waals surface area contributed by atoms with Gasteiger partial charge in [0.2, 0.25) is 0 Å². The molecule has 0 heterocycles. The molecule has 1 atom stereocenters. The lowest BCUT2D eigenvalue weighted by atomic mass is 9.48. The van der Waals surface area contributed by atoms with Crippen molar-refractivity contribution < 1.29 is 9.53 Å². The Labute approximate surface area is 132 Å². The highest BCUT2D eigenvalue weighted by molar-refractivity contribution is 5.76. The first kappa shape index (κ1) is 14.3. The first-order valence-corrected chi connectivity index (χ1v) is 8.61. The third-order valence-electron chi connectivity index (χ3n) is 6.22. The highest BCUT2D eigenvalue weighted by Gasteiger charge is 2.55. The molecule has 4 bridgehead atoms. The standard InChI is InChI=1S/C19H25NO2/c20-17(18(21)22-12-13-4-2-1-3-5-13)19-9-14-6-15(10-19)8-16(7-14)11-19/h1-5,14-17H,6-12,20H2. The van der Waals surface area contributed by atoms with Crippen LogP contribution in [0.25, 0.3) is 0 Å². The summed E-state index contributed by atoms with van der Waals surface area (Å²) in [7, 11) is 0. The summed E-state index contributed by atoms with van der Waals surface area (Å²) in [5.74, 6) is 2.21. The van der Waals surface area contributed by atoms with Gasteiger partial charge in [0.05, 0.1) is 0 Å². The van der Waals surface area contributed by atoms with Gasteiger partial charge in [-0.25, -0.2) is 0 Å². The van der Waals surface area contributed by atoms with Crippen LogP contribution in [-0.4, -0.2) is 12.0 Å². The minimum Gasteiger partial charge on any atom is -0.460 e. The number of carbonyl (C=O) groups is 1. The predicted octanol–water partition coefficient (Wildman–Crippen LogP) is 3.27. The maximum absolute atomic E-state index is 12.5. The number of benzene rings is 1. The second-order valence-corrected chi connectivity index (χ2v) is 7.85. The average Bonchev–Trinajstić information content (AvgIpc) is 2.51. The minimum atomic E-state index is -0.440. The Morgan fingerprint density at radius 1 is 1.09 bits per heavy atom. The summed E-state index contributed by atoms with van der Waals surface area (Å²) in [6.45, 7) is 0.333. The summed E-state index contributed by atoms with van der Waals surface area (Å²) in [6, 6.07) is 9.40. The Hall–Kier alpha value is -1.35. The second-order valence-electron chi connectivity index (χ2n) is 7.85. The number of hydrogen-bond acceptors (Lipinski definition) is 3. The summed E-state index contributed by atoms with van der Waals surface area (Å²) in [6.07, 6.45) is 7.52. The third kappa shape index (κ3) is 2.45. The molecule has 0 amide bonds. The molecule has 0 spiro atoms. The third-order valence-corrected chi connectivity index (χ3v) is 6.22. The first-order chi connectivity index (χ1) is 10.6. The molecule has 5 rings (SSSR count). The quantitative estimate of drug-likeness (QED) is 0.868. The largest absolute Gasteiger partial charge is 0.460 e. The van der Waals surface area contributed by atoms with Gasteiger partial charge in [0.25, 0.3) is 0 Å². The Kier molecular flexibility index (Phi) is 3.48. The van der Waals surface area contributed by atoms with Gasteiger partial charge in [-0.15, -0.1) is 0 Å². The Morgan fingerprint density at radius 3 is 2.18 bits per heavy atom. The van der Waals surface area contributed by atoms with Gasteiger partial charge in [0.1, 0.15) is 12.6 Å². The molecule has 0 aliphatic heterocycles. The van der Waals surface area contributed by atoms with E-state index in [2.05, 4.69) is 0 Å². The van der Waals surface area contributed by atoms with E-state index in [-0.39, 0.29) is 11.4 Å². The molecule has 4 aliphatic rings. The number of ether oxygens (including phenoxy) is 1. The van der Waals surface area contributed by atoms with Crippen LogP contribution >= 0.6 is 0 Å². The molecule has 118 valence electrons. The molecule has 1 aromatic rings. The lowest BCUT2D eigenvalue weighted by Crippen LogP contribution is -2.57. The number of rotatable bonds is 4. The van der Waals surface area contributed by atoms with Crippen LogP contribution < -0.4 is 5.73 Å². The monoisotopic (exact) mass is 299 g/mol. The fourth-order valence-electron chi connectivity index (χ4n) is 5.63. The van der Waals surface area contributed by atoms with Gasteiger partial charge >= 0.3 is 5.97 Å². The van der Waals surface area contributed by atoms with Crippen LogP contribution in [0.3, 0.4) is 0 Å². The smallest absolute Gasteiger partial charge is 0.323 e. The van der Waals surface area contributed by atoms with Gasteiger partial charge in [-0.3, -0.25) is 4.79 Å². The Morgan fingerprint density at radius 2 is 1.64 bits per heavy atom. The molecule has 0 saturated heterocycles. The molecule has 3 nitrogen and oxygen atoms in total. The van der Waals surface area contributed by atoms with Crippen molar-refractivity contribution >= 4 is 5.97 Å². The summed E-state index contributed by atoms with van der Waals surface area (Å²) >= 11 is 0. The topological polar surface area (TPSA) is 52.3 Å². The van der Waals surface area contributed by atoms with E-state index in [0.29, 0.717) is 6.61 Å². The zero-order valence-electron chi connectivity index (χ0n) is 13.0. The van der Waals surface area contributed by atoms with E-state index in [9.17, 15) is 4.79 Å². The maximum Gasteiger partial charge on any atom is 0.323 e. The number of nitrogens with two attached hydrogens (primary N) is 1. The van der Waals surface area contributed by atoms with E-state index in [0.717, 1.165) is 42.6 Å². The molecule has 1 aromatic carbocycles. The molecule has 4 saturated carbocycles. The normalized spacial score (nSPS) is 37.0. The van der Waals surface area contributed by atoms with Crippen LogP contribution in [0.15, 0.2) is 30.3 Å². The van der Waals surface area contributed by atoms with Crippen molar-refractivity contribution in [2.75, 3.05) is 0 Å². The van der Waals surface area contributed by atoms with E-state index in [1.54, 1.807) is 0 Å². The van der Waals surface area contributed by atoms with E-state index in [1.165, 1.54) is 19.3 Å². The van der Waals surface area contributed by atoms with Crippen LogP contribution in [-0.2, 0) is 16.1 Å². The van der Waals surface area contributed by atoms with Crippen LogP contribution in [0.4, 0.5) is 0 Å². The van der Waals surface area contributed by atoms with Crippen molar-refractivity contribution in [3.05, 3.63) is 35.9 Å². The summed E-state index contributed by atoms with van der Waals surface area (Å²) in [5.41, 5.74) is 7.46. The SMILES string of the molecule is NC(C(=O)OCc1ccccc1)C12CC3CC(CC(C3)C1)C2. The number of hydrogen-bond donors (Lipinski definition) is 1. The van der Waals surface area contributed by atoms with Gasteiger partial charge in [-0.05, 0) is 67.3 Å². The summed E-state index contributed by atoms with van der Waals surface area (Å²) in [5, 5.41) is 0. The molecule has 0 radical (unpaired) electrons. The van der Waals surface area contributed by atoms with Crippen LogP contribution in [0, 0.1) is 23.2 Å². The molecule has 4 aliphatic carbocycles. The van der Waals surface area contributed by atoms with Crippen molar-refractivity contribution in [2.45, 2.75) is 51.2 Å². The molecule has 4 fully saturated rings. The van der Waals surface area contributed by atoms with E-state index in [1.807, 2.05) is 30.3 Å². The molecule has 3 heteroatoms. The molecule has 0 aromatic heterocycles. The van der Waals surface area contributed by atoms with Gasteiger partial charge < -0.3 is 10.5 Å². The van der Waals surface area contributed by atoms with Crippen LogP contribution in [0.2, 0.25) is 0 Å². The van der Waals surface area contributed by atoms with Crippen LogP contribution in [0.1, 0.15) is 44.1 Å². The van der Waals surface area contributed by atoms with Gasteiger partial charge in [0, 0.05) is 0 Å². The summed E-state index contributed by atoms with van der Waals surface area (Å²) in [4.78, 5) is 12.5. The molecular formula is C19H25NO2. The Balaban J connectivity index is 1.43. The second kappa shape index (κ2) is 5.38. The van der Waals surface area contributed by atoms with Crippen molar-refractivity contribution in [3.63, 3.8) is 0 Å². The van der Waals surface area contributed by atoms with Crippen LogP contribution in [0.5, 0.6) is 0 Å². The predicted molar refractivity (Wildman–Crippen MR) is 84.8 cm³/mol. The number of esters is 1. The molecule has 22 heavy (non-hydrogen) atoms. The van der Waals surface area contributed by atoms with Gasteiger partial charge in [0.15, 0.2) is 0 Å². The molecular weight excluding hydrogens is 274 g/mol. The first-order valence-electron chi connectivity index (χ1n) is 8.61. The zero-order chi connectivity index (χ0) is 15.2. The van der Waals surface area contributed by atoms with Crippen molar-refractivity contribution in [2.24, 2.45) is 28.9 Å². The van der Waals surface area contributed by atoms with Crippen molar-refractivity contribution in [1.82, 2.24) is 0 Å².